The van der Waals surface area contributed by atoms with Gasteiger partial charge in [-0.25, -0.2) is 8.42 Å². The van der Waals surface area contributed by atoms with E-state index in [1.807, 2.05) is 32.0 Å². The van der Waals surface area contributed by atoms with Crippen molar-refractivity contribution >= 4 is 27.3 Å². The molecule has 1 amide bonds. The van der Waals surface area contributed by atoms with Crippen LogP contribution >= 0.6 is 0 Å². The predicted molar refractivity (Wildman–Crippen MR) is 94.9 cm³/mol. The van der Waals surface area contributed by atoms with Crippen molar-refractivity contribution in [1.29, 1.82) is 0 Å². The van der Waals surface area contributed by atoms with Gasteiger partial charge in [-0.15, -0.1) is 0 Å². The molecule has 128 valence electrons. The minimum atomic E-state index is -3.32. The summed E-state index contributed by atoms with van der Waals surface area (Å²) in [6, 6.07) is 12.2. The van der Waals surface area contributed by atoms with Gasteiger partial charge < -0.3 is 10.1 Å². The lowest BCUT2D eigenvalue weighted by molar-refractivity contribution is -0.118. The van der Waals surface area contributed by atoms with Crippen molar-refractivity contribution in [2.24, 2.45) is 0 Å². The summed E-state index contributed by atoms with van der Waals surface area (Å²) in [6.07, 6.45) is 1.08. The van der Waals surface area contributed by atoms with Crippen molar-refractivity contribution in [3.8, 4) is 5.75 Å². The van der Waals surface area contributed by atoms with Gasteiger partial charge in [-0.2, -0.15) is 0 Å². The zero-order valence-electron chi connectivity index (χ0n) is 13.8. The normalized spacial score (nSPS) is 11.0. The monoisotopic (exact) mass is 348 g/mol. The molecule has 0 bridgehead atoms. The Bertz CT molecular complexity index is 810. The minimum absolute atomic E-state index is 0.102. The number of rotatable bonds is 6. The van der Waals surface area contributed by atoms with Crippen LogP contribution in [-0.2, 0) is 14.8 Å². The fourth-order valence-corrected chi connectivity index (χ4v) is 2.76. The van der Waals surface area contributed by atoms with Gasteiger partial charge in [0.25, 0.3) is 5.91 Å². The number of ether oxygens (including phenoxy) is 1. The molecule has 2 N–H and O–H groups in total. The first-order chi connectivity index (χ1) is 11.2. The van der Waals surface area contributed by atoms with Gasteiger partial charge in [0.1, 0.15) is 5.75 Å². The number of benzene rings is 2. The van der Waals surface area contributed by atoms with Gasteiger partial charge >= 0.3 is 0 Å². The van der Waals surface area contributed by atoms with Gasteiger partial charge in [-0.3, -0.25) is 9.52 Å². The van der Waals surface area contributed by atoms with Crippen LogP contribution in [0.2, 0.25) is 0 Å². The molecule has 24 heavy (non-hydrogen) atoms. The molecule has 0 atom stereocenters. The van der Waals surface area contributed by atoms with E-state index in [9.17, 15) is 13.2 Å². The summed E-state index contributed by atoms with van der Waals surface area (Å²) in [5.41, 5.74) is 2.93. The maximum Gasteiger partial charge on any atom is 0.262 e. The molecule has 0 saturated carbocycles. The fourth-order valence-electron chi connectivity index (χ4n) is 2.20. The Morgan fingerprint density at radius 2 is 1.54 bits per heavy atom. The number of carbonyl (C=O) groups excluding carboxylic acids is 1. The van der Waals surface area contributed by atoms with Gasteiger partial charge in [0, 0.05) is 11.4 Å². The Balaban J connectivity index is 1.93. The van der Waals surface area contributed by atoms with Crippen LogP contribution in [-0.4, -0.2) is 27.2 Å². The van der Waals surface area contributed by atoms with Crippen LogP contribution in [0.15, 0.2) is 42.5 Å². The van der Waals surface area contributed by atoms with Gasteiger partial charge in [-0.1, -0.05) is 18.2 Å². The zero-order valence-corrected chi connectivity index (χ0v) is 14.6. The average Bonchev–Trinajstić information content (AvgIpc) is 2.47. The van der Waals surface area contributed by atoms with Crippen molar-refractivity contribution < 1.29 is 17.9 Å². The second kappa shape index (κ2) is 7.35. The number of hydrogen-bond acceptors (Lipinski definition) is 4. The Hall–Kier alpha value is -2.54. The number of aryl methyl sites for hydroxylation is 2. The van der Waals surface area contributed by atoms with E-state index in [0.29, 0.717) is 17.1 Å². The SMILES string of the molecule is Cc1cccc(C)c1OCC(=O)Nc1ccc(NS(C)(=O)=O)cc1. The number of nitrogens with one attached hydrogen (secondary N) is 2. The standard InChI is InChI=1S/C17H20N2O4S/c1-12-5-4-6-13(2)17(12)23-11-16(20)18-14-7-9-15(10-8-14)19-24(3,21)22/h4-10,19H,11H2,1-3H3,(H,18,20). The molecular weight excluding hydrogens is 328 g/mol. The Morgan fingerprint density at radius 1 is 1.00 bits per heavy atom. The number of amides is 1. The van der Waals surface area contributed by atoms with Crippen molar-refractivity contribution in [3.05, 3.63) is 53.6 Å². The molecule has 7 heteroatoms. The molecule has 0 spiro atoms. The van der Waals surface area contributed by atoms with Gasteiger partial charge in [-0.05, 0) is 49.2 Å². The summed E-state index contributed by atoms with van der Waals surface area (Å²) in [5, 5.41) is 2.70. The number of sulfonamides is 1. The molecule has 0 fully saturated rings. The summed E-state index contributed by atoms with van der Waals surface area (Å²) in [6.45, 7) is 3.75. The summed E-state index contributed by atoms with van der Waals surface area (Å²) in [7, 11) is -3.32. The Morgan fingerprint density at radius 3 is 2.08 bits per heavy atom. The molecule has 0 radical (unpaired) electrons. The van der Waals surface area contributed by atoms with E-state index in [4.69, 9.17) is 4.74 Å². The van der Waals surface area contributed by atoms with E-state index >= 15 is 0 Å². The van der Waals surface area contributed by atoms with E-state index in [-0.39, 0.29) is 12.5 Å². The largest absolute Gasteiger partial charge is 0.483 e. The molecule has 0 aliphatic carbocycles. The highest BCUT2D eigenvalue weighted by Gasteiger charge is 2.08. The third-order valence-electron chi connectivity index (χ3n) is 3.23. The number of para-hydroxylation sites is 1. The van der Waals surface area contributed by atoms with Gasteiger partial charge in [0.05, 0.1) is 6.26 Å². The second-order valence-electron chi connectivity index (χ2n) is 5.51. The molecule has 0 aliphatic rings. The van der Waals surface area contributed by atoms with Gasteiger partial charge in [0.2, 0.25) is 10.0 Å². The Labute approximate surface area is 141 Å². The lowest BCUT2D eigenvalue weighted by Crippen LogP contribution is -2.20. The molecule has 0 saturated heterocycles. The van der Waals surface area contributed by atoms with E-state index in [0.717, 1.165) is 17.4 Å². The van der Waals surface area contributed by atoms with Crippen LogP contribution in [0.1, 0.15) is 11.1 Å². The minimum Gasteiger partial charge on any atom is -0.483 e. The van der Waals surface area contributed by atoms with Crippen LogP contribution in [0.3, 0.4) is 0 Å². The van der Waals surface area contributed by atoms with E-state index in [1.165, 1.54) is 0 Å². The van der Waals surface area contributed by atoms with Gasteiger partial charge in [0.15, 0.2) is 6.61 Å². The first-order valence-corrected chi connectivity index (χ1v) is 9.20. The summed E-state index contributed by atoms with van der Waals surface area (Å²) >= 11 is 0. The lowest BCUT2D eigenvalue weighted by Gasteiger charge is -2.12. The smallest absolute Gasteiger partial charge is 0.262 e. The third kappa shape index (κ3) is 5.27. The van der Waals surface area contributed by atoms with Crippen molar-refractivity contribution in [3.63, 3.8) is 0 Å². The third-order valence-corrected chi connectivity index (χ3v) is 3.83. The molecule has 2 aromatic carbocycles. The number of carbonyl (C=O) groups is 1. The van der Waals surface area contributed by atoms with E-state index in [1.54, 1.807) is 24.3 Å². The molecule has 0 aromatic heterocycles. The summed E-state index contributed by atoms with van der Waals surface area (Å²) in [4.78, 5) is 12.0. The van der Waals surface area contributed by atoms with Crippen molar-refractivity contribution in [2.45, 2.75) is 13.8 Å². The lowest BCUT2D eigenvalue weighted by atomic mass is 10.1. The van der Waals surface area contributed by atoms with Crippen LogP contribution in [0.25, 0.3) is 0 Å². The molecule has 0 unspecified atom stereocenters. The summed E-state index contributed by atoms with van der Waals surface area (Å²) < 4.78 is 30.2. The van der Waals surface area contributed by atoms with E-state index in [2.05, 4.69) is 10.0 Å². The molecule has 2 aromatic rings. The number of hydrogen-bond donors (Lipinski definition) is 2. The Kier molecular flexibility index (Phi) is 5.46. The topological polar surface area (TPSA) is 84.5 Å². The molecular formula is C17H20N2O4S. The van der Waals surface area contributed by atoms with Crippen molar-refractivity contribution in [2.75, 3.05) is 22.9 Å². The molecule has 6 nitrogen and oxygen atoms in total. The zero-order chi connectivity index (χ0) is 17.7. The highest BCUT2D eigenvalue weighted by atomic mass is 32.2. The maximum atomic E-state index is 12.0. The molecule has 0 aliphatic heterocycles. The van der Waals surface area contributed by atoms with Crippen LogP contribution in [0, 0.1) is 13.8 Å². The predicted octanol–water partition coefficient (Wildman–Crippen LogP) is 2.69. The number of anilines is 2. The quantitative estimate of drug-likeness (QED) is 0.840. The highest BCUT2D eigenvalue weighted by Crippen LogP contribution is 2.22. The molecule has 0 heterocycles. The van der Waals surface area contributed by atoms with Crippen LogP contribution in [0.4, 0.5) is 11.4 Å². The second-order valence-corrected chi connectivity index (χ2v) is 7.26. The molecule has 2 rings (SSSR count). The average molecular weight is 348 g/mol. The van der Waals surface area contributed by atoms with Crippen molar-refractivity contribution in [1.82, 2.24) is 0 Å². The van der Waals surface area contributed by atoms with Crippen LogP contribution < -0.4 is 14.8 Å². The summed E-state index contributed by atoms with van der Waals surface area (Å²) in [5.74, 6) is 0.418. The fraction of sp³-hybridized carbons (Fsp3) is 0.235. The van der Waals surface area contributed by atoms with E-state index < -0.39 is 10.0 Å². The maximum absolute atomic E-state index is 12.0. The highest BCUT2D eigenvalue weighted by molar-refractivity contribution is 7.92. The van der Waals surface area contributed by atoms with Crippen LogP contribution in [0.5, 0.6) is 5.75 Å². The first kappa shape index (κ1) is 17.8. The first-order valence-electron chi connectivity index (χ1n) is 7.31.